The second-order valence-corrected chi connectivity index (χ2v) is 4.80. The number of nitrogen functional groups attached to an aromatic ring is 1. The molecule has 4 heteroatoms. The number of aryl methyl sites for hydroxylation is 2. The van der Waals surface area contributed by atoms with Crippen LogP contribution in [0.3, 0.4) is 0 Å². The number of hydrogen-bond acceptors (Lipinski definition) is 3. The molecule has 0 aliphatic heterocycles. The fraction of sp³-hybridized carbons (Fsp3) is 0.357. The number of ether oxygens (including phenoxy) is 1. The summed E-state index contributed by atoms with van der Waals surface area (Å²) >= 11 is 0. The maximum atomic E-state index is 6.07. The Morgan fingerprint density at radius 1 is 1.22 bits per heavy atom. The smallest absolute Gasteiger partial charge is 0.241 e. The Balaban J connectivity index is 2.32. The molecule has 4 nitrogen and oxygen atoms in total. The van der Waals surface area contributed by atoms with Crippen LogP contribution < -0.4 is 10.5 Å². The second kappa shape index (κ2) is 4.72. The van der Waals surface area contributed by atoms with Crippen molar-refractivity contribution in [1.82, 2.24) is 9.78 Å². The third-order valence-corrected chi connectivity index (χ3v) is 2.84. The van der Waals surface area contributed by atoms with Crippen LogP contribution in [0, 0.1) is 6.92 Å². The lowest BCUT2D eigenvalue weighted by molar-refractivity contribution is 0.432. The van der Waals surface area contributed by atoms with Gasteiger partial charge in [0.25, 0.3) is 0 Å². The fourth-order valence-corrected chi connectivity index (χ4v) is 1.81. The van der Waals surface area contributed by atoms with Gasteiger partial charge in [-0.15, -0.1) is 0 Å². The van der Waals surface area contributed by atoms with Crippen molar-refractivity contribution in [3.63, 3.8) is 0 Å². The van der Waals surface area contributed by atoms with Crippen molar-refractivity contribution in [2.45, 2.75) is 26.7 Å². The maximum Gasteiger partial charge on any atom is 0.241 e. The first-order valence-corrected chi connectivity index (χ1v) is 6.06. The Morgan fingerprint density at radius 2 is 1.83 bits per heavy atom. The molecule has 0 aliphatic rings. The molecule has 2 N–H and O–H groups in total. The maximum absolute atomic E-state index is 6.07. The third kappa shape index (κ3) is 2.32. The van der Waals surface area contributed by atoms with Gasteiger partial charge in [0.2, 0.25) is 5.88 Å². The molecule has 0 amide bonds. The lowest BCUT2D eigenvalue weighted by Crippen LogP contribution is -1.97. The van der Waals surface area contributed by atoms with E-state index >= 15 is 0 Å². The van der Waals surface area contributed by atoms with E-state index in [-0.39, 0.29) is 5.92 Å². The van der Waals surface area contributed by atoms with Crippen LogP contribution >= 0.6 is 0 Å². The van der Waals surface area contributed by atoms with Crippen molar-refractivity contribution in [1.29, 1.82) is 0 Å². The number of hydrogen-bond donors (Lipinski definition) is 1. The van der Waals surface area contributed by atoms with Crippen LogP contribution in [-0.4, -0.2) is 9.78 Å². The molecule has 0 saturated carbocycles. The predicted octanol–water partition coefficient (Wildman–Crippen LogP) is 3.23. The molecule has 0 bridgehead atoms. The number of nitrogens with zero attached hydrogens (tertiary/aromatic N) is 2. The highest BCUT2D eigenvalue weighted by atomic mass is 16.5. The molecule has 1 heterocycles. The van der Waals surface area contributed by atoms with Crippen molar-refractivity contribution >= 4 is 5.69 Å². The quantitative estimate of drug-likeness (QED) is 0.903. The monoisotopic (exact) mass is 245 g/mol. The Labute approximate surface area is 107 Å². The third-order valence-electron chi connectivity index (χ3n) is 2.84. The summed E-state index contributed by atoms with van der Waals surface area (Å²) in [5, 5.41) is 4.39. The van der Waals surface area contributed by atoms with Crippen molar-refractivity contribution in [3.05, 3.63) is 35.5 Å². The van der Waals surface area contributed by atoms with Crippen molar-refractivity contribution in [2.24, 2.45) is 7.05 Å². The molecule has 0 aliphatic carbocycles. The lowest BCUT2D eigenvalue weighted by atomic mass is 10.1. The molecule has 96 valence electrons. The fourth-order valence-electron chi connectivity index (χ4n) is 1.81. The van der Waals surface area contributed by atoms with Gasteiger partial charge in [0, 0.05) is 7.05 Å². The first-order valence-electron chi connectivity index (χ1n) is 6.06. The summed E-state index contributed by atoms with van der Waals surface area (Å²) in [6.45, 7) is 6.17. The van der Waals surface area contributed by atoms with E-state index in [1.54, 1.807) is 4.68 Å². The van der Waals surface area contributed by atoms with Gasteiger partial charge in [0.1, 0.15) is 11.4 Å². The summed E-state index contributed by atoms with van der Waals surface area (Å²) in [5.41, 5.74) is 8.77. The summed E-state index contributed by atoms with van der Waals surface area (Å²) < 4.78 is 7.49. The molecule has 2 rings (SSSR count). The summed E-state index contributed by atoms with van der Waals surface area (Å²) in [5.74, 6) is 1.65. The van der Waals surface area contributed by atoms with Gasteiger partial charge in [-0.1, -0.05) is 31.5 Å². The molecule has 0 fully saturated rings. The second-order valence-electron chi connectivity index (χ2n) is 4.80. The van der Waals surface area contributed by atoms with E-state index < -0.39 is 0 Å². The van der Waals surface area contributed by atoms with Crippen LogP contribution in [0.25, 0.3) is 0 Å². The number of nitrogens with two attached hydrogens (primary N) is 1. The zero-order valence-corrected chi connectivity index (χ0v) is 11.3. The standard InChI is InChI=1S/C14H19N3O/c1-9(2)13-12(15)14(17(4)16-13)18-11-7-5-10(3)6-8-11/h5-9H,15H2,1-4H3. The van der Waals surface area contributed by atoms with E-state index in [1.807, 2.05) is 38.2 Å². The highest BCUT2D eigenvalue weighted by Crippen LogP contribution is 2.32. The van der Waals surface area contributed by atoms with Gasteiger partial charge in [-0.2, -0.15) is 5.10 Å². The van der Waals surface area contributed by atoms with Gasteiger partial charge in [0.05, 0.1) is 5.69 Å². The van der Waals surface area contributed by atoms with E-state index in [4.69, 9.17) is 10.5 Å². The highest BCUT2D eigenvalue weighted by Gasteiger charge is 2.17. The zero-order chi connectivity index (χ0) is 13.3. The van der Waals surface area contributed by atoms with Crippen LogP contribution in [0.1, 0.15) is 31.0 Å². The van der Waals surface area contributed by atoms with E-state index in [1.165, 1.54) is 5.56 Å². The molecule has 18 heavy (non-hydrogen) atoms. The molecule has 1 aromatic heterocycles. The average molecular weight is 245 g/mol. The van der Waals surface area contributed by atoms with Crippen molar-refractivity contribution in [3.8, 4) is 11.6 Å². The van der Waals surface area contributed by atoms with Gasteiger partial charge in [-0.25, -0.2) is 4.68 Å². The molecule has 1 aromatic carbocycles. The van der Waals surface area contributed by atoms with Gasteiger partial charge >= 0.3 is 0 Å². The Hall–Kier alpha value is -1.97. The van der Waals surface area contributed by atoms with Gasteiger partial charge in [-0.05, 0) is 25.0 Å². The average Bonchev–Trinajstić information content (AvgIpc) is 2.60. The summed E-state index contributed by atoms with van der Waals surface area (Å²) in [6.07, 6.45) is 0. The van der Waals surface area contributed by atoms with Crippen LogP contribution in [-0.2, 0) is 7.05 Å². The summed E-state index contributed by atoms with van der Waals surface area (Å²) in [7, 11) is 1.84. The number of rotatable bonds is 3. The van der Waals surface area contributed by atoms with Crippen molar-refractivity contribution < 1.29 is 4.74 Å². The highest BCUT2D eigenvalue weighted by molar-refractivity contribution is 5.55. The molecule has 2 aromatic rings. The molecular formula is C14H19N3O. The Bertz CT molecular complexity index is 541. The predicted molar refractivity (Wildman–Crippen MR) is 73.0 cm³/mol. The molecular weight excluding hydrogens is 226 g/mol. The van der Waals surface area contributed by atoms with E-state index in [2.05, 4.69) is 18.9 Å². The van der Waals surface area contributed by atoms with Crippen LogP contribution in [0.15, 0.2) is 24.3 Å². The van der Waals surface area contributed by atoms with Crippen molar-refractivity contribution in [2.75, 3.05) is 5.73 Å². The van der Waals surface area contributed by atoms with E-state index in [0.29, 0.717) is 11.6 Å². The van der Waals surface area contributed by atoms with Gasteiger partial charge in [-0.3, -0.25) is 0 Å². The lowest BCUT2D eigenvalue weighted by Gasteiger charge is -2.07. The largest absolute Gasteiger partial charge is 0.437 e. The SMILES string of the molecule is Cc1ccc(Oc2c(N)c(C(C)C)nn2C)cc1. The van der Waals surface area contributed by atoms with E-state index in [9.17, 15) is 0 Å². The summed E-state index contributed by atoms with van der Waals surface area (Å²) in [4.78, 5) is 0. The molecule has 0 spiro atoms. The minimum atomic E-state index is 0.284. The minimum Gasteiger partial charge on any atom is -0.437 e. The zero-order valence-electron chi connectivity index (χ0n) is 11.3. The Kier molecular flexibility index (Phi) is 3.28. The number of benzene rings is 1. The van der Waals surface area contributed by atoms with Gasteiger partial charge < -0.3 is 10.5 Å². The molecule has 0 atom stereocenters. The normalized spacial score (nSPS) is 10.9. The van der Waals surface area contributed by atoms with Crippen LogP contribution in [0.2, 0.25) is 0 Å². The first kappa shape index (κ1) is 12.5. The molecule has 0 radical (unpaired) electrons. The number of aromatic nitrogens is 2. The van der Waals surface area contributed by atoms with Crippen LogP contribution in [0.5, 0.6) is 11.6 Å². The number of anilines is 1. The Morgan fingerprint density at radius 3 is 2.33 bits per heavy atom. The topological polar surface area (TPSA) is 53.1 Å². The van der Waals surface area contributed by atoms with Gasteiger partial charge in [0.15, 0.2) is 0 Å². The van der Waals surface area contributed by atoms with E-state index in [0.717, 1.165) is 11.4 Å². The first-order chi connectivity index (χ1) is 8.49. The van der Waals surface area contributed by atoms with Crippen LogP contribution in [0.4, 0.5) is 5.69 Å². The molecule has 0 saturated heterocycles. The molecule has 0 unspecified atom stereocenters. The summed E-state index contributed by atoms with van der Waals surface area (Å²) in [6, 6.07) is 7.87. The minimum absolute atomic E-state index is 0.284.